The molecule has 136 valence electrons. The van der Waals surface area contributed by atoms with E-state index in [-0.39, 0.29) is 31.5 Å². The van der Waals surface area contributed by atoms with E-state index in [1.54, 1.807) is 34.8 Å². The quantitative estimate of drug-likeness (QED) is 0.862. The van der Waals surface area contributed by atoms with Gasteiger partial charge in [-0.1, -0.05) is 0 Å². The van der Waals surface area contributed by atoms with E-state index in [1.807, 2.05) is 0 Å². The van der Waals surface area contributed by atoms with Crippen LogP contribution in [0.5, 0.6) is 17.2 Å². The lowest BCUT2D eigenvalue weighted by Crippen LogP contribution is -2.39. The molecule has 0 atom stereocenters. The molecular weight excluding hydrogens is 342 g/mol. The normalized spacial score (nSPS) is 14.9. The fourth-order valence-electron chi connectivity index (χ4n) is 3.18. The first-order chi connectivity index (χ1) is 12.5. The lowest BCUT2D eigenvalue weighted by atomic mass is 10.1. The highest BCUT2D eigenvalue weighted by atomic mass is 16.7. The maximum absolute atomic E-state index is 12.5. The van der Waals surface area contributed by atoms with Gasteiger partial charge < -0.3 is 24.2 Å². The van der Waals surface area contributed by atoms with Gasteiger partial charge in [0.25, 0.3) is 5.91 Å². The smallest absolute Gasteiger partial charge is 0.356 e. The predicted octanol–water partition coefficient (Wildman–Crippen LogP) is 0.811. The van der Waals surface area contributed by atoms with Gasteiger partial charge in [0, 0.05) is 37.3 Å². The number of benzene rings is 1. The van der Waals surface area contributed by atoms with Crippen molar-refractivity contribution in [3.63, 3.8) is 0 Å². The third-order valence-electron chi connectivity index (χ3n) is 4.50. The van der Waals surface area contributed by atoms with E-state index in [0.29, 0.717) is 35.8 Å². The summed E-state index contributed by atoms with van der Waals surface area (Å²) in [6.07, 6.45) is 0.557. The third-order valence-corrected chi connectivity index (χ3v) is 4.50. The van der Waals surface area contributed by atoms with Gasteiger partial charge in [-0.3, -0.25) is 9.48 Å². The first-order valence-corrected chi connectivity index (χ1v) is 8.11. The summed E-state index contributed by atoms with van der Waals surface area (Å²) in [6, 6.07) is 5.11. The summed E-state index contributed by atoms with van der Waals surface area (Å²) in [5.41, 5.74) is 1.43. The molecule has 0 saturated heterocycles. The molecular formula is C17H17N3O6. The van der Waals surface area contributed by atoms with Crippen LogP contribution < -0.4 is 14.2 Å². The molecule has 0 aliphatic carbocycles. The lowest BCUT2D eigenvalue weighted by molar-refractivity contribution is -0.134. The molecule has 1 aromatic carbocycles. The van der Waals surface area contributed by atoms with E-state index in [2.05, 4.69) is 5.10 Å². The molecule has 2 aliphatic rings. The van der Waals surface area contributed by atoms with Gasteiger partial charge in [-0.05, 0) is 12.1 Å². The molecule has 1 amide bonds. The molecule has 0 radical (unpaired) electrons. The maximum atomic E-state index is 12.5. The maximum Gasteiger partial charge on any atom is 0.356 e. The van der Waals surface area contributed by atoms with Crippen LogP contribution in [-0.2, 0) is 24.8 Å². The zero-order chi connectivity index (χ0) is 18.3. The lowest BCUT2D eigenvalue weighted by Gasteiger charge is -2.27. The summed E-state index contributed by atoms with van der Waals surface area (Å²) in [5, 5.41) is 13.3. The number of carboxylic acids is 1. The molecule has 1 aromatic heterocycles. The number of aromatic carboxylic acids is 1. The minimum atomic E-state index is -1.09. The predicted molar refractivity (Wildman–Crippen MR) is 87.3 cm³/mol. The molecule has 0 bridgehead atoms. The van der Waals surface area contributed by atoms with Gasteiger partial charge in [0.05, 0.1) is 6.54 Å². The van der Waals surface area contributed by atoms with Crippen LogP contribution in [0.4, 0.5) is 0 Å². The van der Waals surface area contributed by atoms with Crippen LogP contribution in [-0.4, -0.2) is 51.6 Å². The summed E-state index contributed by atoms with van der Waals surface area (Å²) in [4.78, 5) is 25.4. The van der Waals surface area contributed by atoms with Gasteiger partial charge in [0.1, 0.15) is 5.75 Å². The highest BCUT2D eigenvalue weighted by Crippen LogP contribution is 2.35. The second kappa shape index (κ2) is 6.25. The van der Waals surface area contributed by atoms with Crippen molar-refractivity contribution in [1.82, 2.24) is 14.7 Å². The van der Waals surface area contributed by atoms with Gasteiger partial charge in [0.2, 0.25) is 6.79 Å². The second-order valence-electron chi connectivity index (χ2n) is 6.07. The fraction of sp³-hybridized carbons (Fsp3) is 0.353. The van der Waals surface area contributed by atoms with Crippen molar-refractivity contribution < 1.29 is 28.9 Å². The van der Waals surface area contributed by atoms with Crippen molar-refractivity contribution in [2.45, 2.75) is 13.0 Å². The van der Waals surface area contributed by atoms with Gasteiger partial charge in [0.15, 0.2) is 23.8 Å². The number of carboxylic acid groups (broad SMARTS) is 1. The van der Waals surface area contributed by atoms with Crippen LogP contribution in [0.25, 0.3) is 0 Å². The Morgan fingerprint density at radius 3 is 2.92 bits per heavy atom. The Balaban J connectivity index is 1.42. The monoisotopic (exact) mass is 359 g/mol. The minimum Gasteiger partial charge on any atom is -0.484 e. The second-order valence-corrected chi connectivity index (χ2v) is 6.07. The van der Waals surface area contributed by atoms with Crippen LogP contribution in [0.1, 0.15) is 21.7 Å². The van der Waals surface area contributed by atoms with Crippen LogP contribution >= 0.6 is 0 Å². The number of carbonyl (C=O) groups excluding carboxylic acids is 1. The van der Waals surface area contributed by atoms with Gasteiger partial charge in [-0.2, -0.15) is 5.10 Å². The topological polar surface area (TPSA) is 103 Å². The summed E-state index contributed by atoms with van der Waals surface area (Å²) >= 11 is 0. The summed E-state index contributed by atoms with van der Waals surface area (Å²) in [6.45, 7) is 0.742. The minimum absolute atomic E-state index is 0.00307. The Morgan fingerprint density at radius 1 is 1.31 bits per heavy atom. The third kappa shape index (κ3) is 2.81. The van der Waals surface area contributed by atoms with Crippen LogP contribution in [0.3, 0.4) is 0 Å². The van der Waals surface area contributed by atoms with Gasteiger partial charge in [-0.15, -0.1) is 0 Å². The first kappa shape index (κ1) is 16.2. The molecule has 9 heteroatoms. The molecule has 4 rings (SSSR count). The SMILES string of the molecule is Cn1nc(C(=O)O)c2c1CCN(C(=O)COc1ccc3c(c1)OCO3)C2. The van der Waals surface area contributed by atoms with E-state index in [0.717, 1.165) is 5.69 Å². The van der Waals surface area contributed by atoms with E-state index >= 15 is 0 Å². The molecule has 1 N–H and O–H groups in total. The molecule has 0 unspecified atom stereocenters. The van der Waals surface area contributed by atoms with E-state index in [1.165, 1.54) is 0 Å². The number of ether oxygens (including phenoxy) is 3. The Hall–Kier alpha value is -3.23. The first-order valence-electron chi connectivity index (χ1n) is 8.11. The van der Waals surface area contributed by atoms with E-state index in [4.69, 9.17) is 14.2 Å². The Morgan fingerprint density at radius 2 is 2.12 bits per heavy atom. The molecule has 26 heavy (non-hydrogen) atoms. The Bertz CT molecular complexity index is 891. The van der Waals surface area contributed by atoms with Crippen LogP contribution in [0.15, 0.2) is 18.2 Å². The van der Waals surface area contributed by atoms with Crippen molar-refractivity contribution in [1.29, 1.82) is 0 Å². The fourth-order valence-corrected chi connectivity index (χ4v) is 3.18. The van der Waals surface area contributed by atoms with Crippen LogP contribution in [0, 0.1) is 0 Å². The van der Waals surface area contributed by atoms with E-state index < -0.39 is 5.97 Å². The molecule has 2 aliphatic heterocycles. The van der Waals surface area contributed by atoms with Gasteiger partial charge >= 0.3 is 5.97 Å². The summed E-state index contributed by atoms with van der Waals surface area (Å²) in [5.74, 6) is 0.429. The number of aryl methyl sites for hydroxylation is 1. The molecule has 0 saturated carbocycles. The largest absolute Gasteiger partial charge is 0.484 e. The highest BCUT2D eigenvalue weighted by molar-refractivity contribution is 5.88. The van der Waals surface area contributed by atoms with Crippen molar-refractivity contribution in [2.75, 3.05) is 19.9 Å². The molecule has 0 fully saturated rings. The average molecular weight is 359 g/mol. The number of hydrogen-bond acceptors (Lipinski definition) is 6. The molecule has 3 heterocycles. The molecule has 2 aromatic rings. The number of hydrogen-bond donors (Lipinski definition) is 1. The van der Waals surface area contributed by atoms with Gasteiger partial charge in [-0.25, -0.2) is 4.79 Å². The zero-order valence-corrected chi connectivity index (χ0v) is 14.1. The number of carbonyl (C=O) groups is 2. The summed E-state index contributed by atoms with van der Waals surface area (Å²) in [7, 11) is 1.71. The standard InChI is InChI=1S/C17H17N3O6/c1-19-12-4-5-20(7-11(12)16(18-19)17(22)23)15(21)8-24-10-2-3-13-14(6-10)26-9-25-13/h2-3,6H,4-5,7-9H2,1H3,(H,22,23). The highest BCUT2D eigenvalue weighted by Gasteiger charge is 2.29. The Kier molecular flexibility index (Phi) is 3.90. The number of nitrogens with zero attached hydrogens (tertiary/aromatic N) is 3. The number of amides is 1. The Labute approximate surface area is 148 Å². The van der Waals surface area contributed by atoms with Crippen molar-refractivity contribution in [3.8, 4) is 17.2 Å². The average Bonchev–Trinajstić information content (AvgIpc) is 3.23. The van der Waals surface area contributed by atoms with Crippen LogP contribution in [0.2, 0.25) is 0 Å². The number of fused-ring (bicyclic) bond motifs is 2. The number of rotatable bonds is 4. The van der Waals surface area contributed by atoms with E-state index in [9.17, 15) is 14.7 Å². The molecule has 9 nitrogen and oxygen atoms in total. The van der Waals surface area contributed by atoms with Crippen molar-refractivity contribution in [2.24, 2.45) is 7.05 Å². The summed E-state index contributed by atoms with van der Waals surface area (Å²) < 4.78 is 17.6. The zero-order valence-electron chi connectivity index (χ0n) is 14.1. The number of aromatic nitrogens is 2. The van der Waals surface area contributed by atoms with Crippen molar-refractivity contribution >= 4 is 11.9 Å². The molecule has 0 spiro atoms. The van der Waals surface area contributed by atoms with Crippen molar-refractivity contribution in [3.05, 3.63) is 35.2 Å².